The molecule has 0 bridgehead atoms. The molecule has 4 fully saturated rings. The average Bonchev–Trinajstić information content (AvgIpc) is 3.45. The van der Waals surface area contributed by atoms with Crippen molar-refractivity contribution >= 4 is 46.8 Å². The maximum absolute atomic E-state index is 13.2. The number of fused-ring (bicyclic) bond motifs is 5. The number of carbonyl (C=O) groups is 2. The number of Topliss-reactive ketones (excluding diaryl/α,β-unsaturated/α-hetero) is 1. The summed E-state index contributed by atoms with van der Waals surface area (Å²) in [6, 6.07) is 4.11. The van der Waals surface area contributed by atoms with Gasteiger partial charge in [-0.05, 0) is 119 Å². The summed E-state index contributed by atoms with van der Waals surface area (Å²) in [5.74, 6) is 1.70. The minimum Gasteiger partial charge on any atom is -0.348 e. The smallest absolute Gasteiger partial charge is 0.348 e. The van der Waals surface area contributed by atoms with E-state index in [4.69, 9.17) is 4.52 Å². The van der Waals surface area contributed by atoms with Gasteiger partial charge in [0.25, 0.3) is 0 Å². The van der Waals surface area contributed by atoms with Crippen molar-refractivity contribution in [3.63, 3.8) is 0 Å². The molecular weight excluding hydrogens is 613 g/mol. The Morgan fingerprint density at radius 1 is 1.20 bits per heavy atom. The summed E-state index contributed by atoms with van der Waals surface area (Å²) in [6.45, 7) is 9.00. The van der Waals surface area contributed by atoms with Crippen molar-refractivity contribution in [2.75, 3.05) is 0 Å². The van der Waals surface area contributed by atoms with Crippen molar-refractivity contribution in [2.24, 2.45) is 46.3 Å². The second-order valence-electron chi connectivity index (χ2n) is 13.7. The second kappa shape index (κ2) is 11.5. The number of nitrogens with one attached hydrogen (secondary N) is 1. The lowest BCUT2D eigenvalue weighted by Gasteiger charge is -2.62. The number of thiophene rings is 1. The van der Waals surface area contributed by atoms with Gasteiger partial charge in [0.15, 0.2) is 0 Å². The summed E-state index contributed by atoms with van der Waals surface area (Å²) in [5, 5.41) is 3.27. The van der Waals surface area contributed by atoms with Gasteiger partial charge in [0.2, 0.25) is 5.91 Å². The van der Waals surface area contributed by atoms with Crippen LogP contribution in [0.25, 0.3) is 0 Å². The predicted molar refractivity (Wildman–Crippen MR) is 159 cm³/mol. The Kier molecular flexibility index (Phi) is 8.87. The van der Waals surface area contributed by atoms with E-state index in [1.165, 1.54) is 0 Å². The third-order valence-corrected chi connectivity index (χ3v) is 14.0. The van der Waals surface area contributed by atoms with E-state index in [0.717, 1.165) is 47.2 Å². The minimum absolute atomic E-state index is 0.00417. The zero-order valence-electron chi connectivity index (χ0n) is 24.1. The first-order valence-electron chi connectivity index (χ1n) is 15.1. The van der Waals surface area contributed by atoms with Crippen molar-refractivity contribution in [3.8, 4) is 0 Å². The number of halogens is 1. The molecule has 0 radical (unpaired) electrons. The number of hydrogen-bond acceptors (Lipinski definition) is 5. The van der Waals surface area contributed by atoms with Crippen LogP contribution in [0.4, 0.5) is 0 Å². The van der Waals surface area contributed by atoms with E-state index >= 15 is 0 Å². The fourth-order valence-corrected chi connectivity index (χ4v) is 12.0. The van der Waals surface area contributed by atoms with Crippen molar-refractivity contribution < 1.29 is 28.5 Å². The Morgan fingerprint density at radius 3 is 2.58 bits per heavy atom. The molecule has 1 aromatic rings. The SMILES string of the molecule is CC[C@@H](NC(=O)C[C@@H](C)[C@H]1CC[C@H]2[C@@H]3[C@H](OP(=O)(O)O)C[C@@H]4CC(=O)CC[C@]4(C)[C@H]3CC[C@]12C)c1ccc(Br)s1. The van der Waals surface area contributed by atoms with Crippen LogP contribution in [0, 0.1) is 46.3 Å². The molecule has 40 heavy (non-hydrogen) atoms. The van der Waals surface area contributed by atoms with Gasteiger partial charge in [0.05, 0.1) is 15.9 Å². The molecule has 4 saturated carbocycles. The number of carbonyl (C=O) groups excluding carboxylic acids is 2. The van der Waals surface area contributed by atoms with Crippen LogP contribution in [0.15, 0.2) is 15.9 Å². The molecule has 10 heteroatoms. The fourth-order valence-electron chi connectivity index (χ4n) is 9.83. The van der Waals surface area contributed by atoms with Gasteiger partial charge < -0.3 is 15.1 Å². The first-order valence-corrected chi connectivity index (χ1v) is 18.2. The van der Waals surface area contributed by atoms with Crippen LogP contribution in [0.2, 0.25) is 0 Å². The van der Waals surface area contributed by atoms with Gasteiger partial charge >= 0.3 is 7.82 Å². The molecule has 5 rings (SSSR count). The summed E-state index contributed by atoms with van der Waals surface area (Å²) < 4.78 is 18.8. The molecule has 0 aromatic carbocycles. The highest BCUT2D eigenvalue weighted by atomic mass is 79.9. The normalized spacial score (nSPS) is 39.1. The topological polar surface area (TPSA) is 113 Å². The molecule has 4 aliphatic carbocycles. The largest absolute Gasteiger partial charge is 0.469 e. The van der Waals surface area contributed by atoms with Crippen LogP contribution in [-0.4, -0.2) is 27.6 Å². The Morgan fingerprint density at radius 2 is 1.93 bits per heavy atom. The number of ketones is 1. The lowest BCUT2D eigenvalue weighted by atomic mass is 9.44. The van der Waals surface area contributed by atoms with Gasteiger partial charge in [-0.15, -0.1) is 11.3 Å². The van der Waals surface area contributed by atoms with Gasteiger partial charge in [-0.25, -0.2) is 4.57 Å². The third kappa shape index (κ3) is 5.81. The van der Waals surface area contributed by atoms with Crippen LogP contribution in [0.3, 0.4) is 0 Å². The molecular formula is C30H45BrNO6PS. The van der Waals surface area contributed by atoms with E-state index in [1.807, 2.05) is 6.07 Å². The number of amides is 1. The number of hydrogen-bond donors (Lipinski definition) is 3. The van der Waals surface area contributed by atoms with Crippen molar-refractivity contribution in [1.29, 1.82) is 0 Å². The fraction of sp³-hybridized carbons (Fsp3) is 0.800. The lowest BCUT2D eigenvalue weighted by Crippen LogP contribution is -2.58. The summed E-state index contributed by atoms with van der Waals surface area (Å²) in [4.78, 5) is 46.5. The van der Waals surface area contributed by atoms with E-state index < -0.39 is 13.9 Å². The standard InChI is InChI=1S/C30H45BrNO6PS/c1-5-23(25-8-9-26(31)40-25)32-27(34)14-17(2)20-6-7-21-28-22(11-13-30(20,21)4)29(3)12-10-19(33)15-18(29)16-24(28)38-39(35,36)37/h8-9,17-18,20-24,28H,5-7,10-16H2,1-4H3,(H,32,34)(H2,35,36,37)/t17-,18+,20-,21+,22+,23-,24-,28+,29+,30-/m1/s1. The third-order valence-electron chi connectivity index (χ3n) is 11.7. The van der Waals surface area contributed by atoms with Crippen molar-refractivity contribution in [3.05, 3.63) is 20.8 Å². The highest BCUT2D eigenvalue weighted by Gasteiger charge is 2.64. The van der Waals surface area contributed by atoms with E-state index in [1.54, 1.807) is 11.3 Å². The monoisotopic (exact) mass is 657 g/mol. The van der Waals surface area contributed by atoms with Gasteiger partial charge in [-0.1, -0.05) is 27.7 Å². The van der Waals surface area contributed by atoms with Crippen LogP contribution < -0.4 is 5.32 Å². The molecule has 1 aromatic heterocycles. The highest BCUT2D eigenvalue weighted by molar-refractivity contribution is 9.11. The van der Waals surface area contributed by atoms with E-state index in [0.29, 0.717) is 43.4 Å². The molecule has 7 nitrogen and oxygen atoms in total. The quantitative estimate of drug-likeness (QED) is 0.251. The molecule has 1 amide bonds. The number of phosphoric ester groups is 1. The Labute approximate surface area is 251 Å². The second-order valence-corrected chi connectivity index (χ2v) is 17.4. The van der Waals surface area contributed by atoms with Gasteiger partial charge in [-0.3, -0.25) is 14.1 Å². The van der Waals surface area contributed by atoms with E-state index in [-0.39, 0.29) is 46.3 Å². The summed E-state index contributed by atoms with van der Waals surface area (Å²) in [6.07, 6.45) is 7.36. The molecule has 0 unspecified atom stereocenters. The molecule has 1 heterocycles. The molecule has 4 aliphatic rings. The highest BCUT2D eigenvalue weighted by Crippen LogP contribution is 2.69. The Hall–Kier alpha value is -0.570. The average molecular weight is 659 g/mol. The lowest BCUT2D eigenvalue weighted by molar-refractivity contribution is -0.166. The Bertz CT molecular complexity index is 1170. The molecule has 10 atom stereocenters. The molecule has 0 spiro atoms. The molecule has 3 N–H and O–H groups in total. The van der Waals surface area contributed by atoms with Crippen LogP contribution >= 0.6 is 35.1 Å². The molecule has 224 valence electrons. The summed E-state index contributed by atoms with van der Waals surface area (Å²) in [7, 11) is -4.67. The van der Waals surface area contributed by atoms with E-state index in [9.17, 15) is 23.9 Å². The maximum atomic E-state index is 13.2. The molecule has 0 aliphatic heterocycles. The minimum atomic E-state index is -4.67. The predicted octanol–water partition coefficient (Wildman–Crippen LogP) is 7.42. The first-order chi connectivity index (χ1) is 18.7. The number of phosphoric acid groups is 1. The summed E-state index contributed by atoms with van der Waals surface area (Å²) in [5.41, 5.74) is -0.00195. The zero-order chi connectivity index (χ0) is 29.0. The number of rotatable bonds is 8. The molecule has 0 saturated heterocycles. The van der Waals surface area contributed by atoms with Crippen LogP contribution in [0.1, 0.15) is 103 Å². The van der Waals surface area contributed by atoms with Gasteiger partial charge in [0.1, 0.15) is 5.78 Å². The van der Waals surface area contributed by atoms with Crippen LogP contribution in [0.5, 0.6) is 0 Å². The maximum Gasteiger partial charge on any atom is 0.469 e. The Balaban J connectivity index is 1.34. The van der Waals surface area contributed by atoms with Gasteiger partial charge in [-0.2, -0.15) is 0 Å². The van der Waals surface area contributed by atoms with Gasteiger partial charge in [0, 0.05) is 24.1 Å². The zero-order valence-corrected chi connectivity index (χ0v) is 27.4. The van der Waals surface area contributed by atoms with E-state index in [2.05, 4.69) is 55.0 Å². The van der Waals surface area contributed by atoms with Crippen LogP contribution in [-0.2, 0) is 18.7 Å². The van der Waals surface area contributed by atoms with Crippen molar-refractivity contribution in [1.82, 2.24) is 5.32 Å². The summed E-state index contributed by atoms with van der Waals surface area (Å²) >= 11 is 5.19. The van der Waals surface area contributed by atoms with Crippen molar-refractivity contribution in [2.45, 2.75) is 104 Å². The first kappa shape index (κ1) is 30.9.